The Hall–Kier alpha value is -3.26. The Morgan fingerprint density at radius 3 is 2.58 bits per heavy atom. The highest BCUT2D eigenvalue weighted by atomic mass is 32.1. The second kappa shape index (κ2) is 8.47. The van der Waals surface area contributed by atoms with Gasteiger partial charge in [-0.15, -0.1) is 11.3 Å². The van der Waals surface area contributed by atoms with Crippen LogP contribution in [0.2, 0.25) is 0 Å². The zero-order valence-electron chi connectivity index (χ0n) is 17.4. The number of ketones is 1. The third-order valence-electron chi connectivity index (χ3n) is 5.77. The molecule has 1 aliphatic carbocycles. The van der Waals surface area contributed by atoms with Crippen molar-refractivity contribution in [1.29, 1.82) is 0 Å². The number of pyridine rings is 1. The van der Waals surface area contributed by atoms with E-state index in [9.17, 15) is 14.4 Å². The number of nitrogens with one attached hydrogen (secondary N) is 1. The summed E-state index contributed by atoms with van der Waals surface area (Å²) in [6.07, 6.45) is 2.05. The maximum atomic E-state index is 13.8. The molecule has 4 rings (SSSR count). The minimum absolute atomic E-state index is 0.312. The van der Waals surface area contributed by atoms with Gasteiger partial charge in [0.2, 0.25) is 0 Å². The number of esters is 2. The lowest BCUT2D eigenvalue weighted by Crippen LogP contribution is -2.43. The third kappa shape index (κ3) is 3.57. The monoisotopic (exact) mass is 438 g/mol. The van der Waals surface area contributed by atoms with E-state index in [1.165, 1.54) is 25.6 Å². The molecule has 8 heteroatoms. The summed E-state index contributed by atoms with van der Waals surface area (Å²) >= 11 is 1.50. The number of aromatic nitrogens is 1. The Morgan fingerprint density at radius 1 is 1.16 bits per heavy atom. The highest BCUT2D eigenvalue weighted by molar-refractivity contribution is 7.10. The van der Waals surface area contributed by atoms with Crippen molar-refractivity contribution in [3.05, 3.63) is 75.0 Å². The van der Waals surface area contributed by atoms with Crippen LogP contribution < -0.4 is 5.32 Å². The van der Waals surface area contributed by atoms with Gasteiger partial charge in [0.1, 0.15) is 5.92 Å². The van der Waals surface area contributed by atoms with Crippen molar-refractivity contribution < 1.29 is 23.9 Å². The number of allylic oxidation sites excluding steroid dienone is 3. The first-order valence-corrected chi connectivity index (χ1v) is 10.7. The molecule has 2 aliphatic rings. The summed E-state index contributed by atoms with van der Waals surface area (Å²) in [4.78, 5) is 44.6. The molecule has 0 saturated heterocycles. The summed E-state index contributed by atoms with van der Waals surface area (Å²) in [6, 6.07) is 9.15. The zero-order valence-corrected chi connectivity index (χ0v) is 18.2. The van der Waals surface area contributed by atoms with E-state index in [0.29, 0.717) is 34.7 Å². The van der Waals surface area contributed by atoms with Gasteiger partial charge in [-0.3, -0.25) is 14.6 Å². The van der Waals surface area contributed by atoms with Crippen molar-refractivity contribution in [2.45, 2.75) is 25.2 Å². The molecule has 0 spiro atoms. The number of hydrogen-bond donors (Lipinski definition) is 1. The van der Waals surface area contributed by atoms with Crippen LogP contribution in [0, 0.1) is 5.92 Å². The number of Topliss-reactive ketones (excluding diaryl/α,β-unsaturated/α-hetero) is 1. The maximum Gasteiger partial charge on any atom is 0.336 e. The van der Waals surface area contributed by atoms with E-state index >= 15 is 0 Å². The molecule has 0 radical (unpaired) electrons. The lowest BCUT2D eigenvalue weighted by Gasteiger charge is -2.38. The van der Waals surface area contributed by atoms with E-state index in [4.69, 9.17) is 9.47 Å². The number of nitrogens with zero attached hydrogens (tertiary/aromatic N) is 1. The van der Waals surface area contributed by atoms with Gasteiger partial charge < -0.3 is 14.8 Å². The standard InChI is InChI=1S/C23H22N2O5S/c1-12-17(22(27)29-2)19(14-7-4-5-9-24-14)20-15(25-12)11-13(16-8-6-10-31-16)18(21(20)26)23(28)30-3/h4-10,13,18-19,25H,11H2,1-3H3/t13-,18-,19+/m1/s1. The lowest BCUT2D eigenvalue weighted by atomic mass is 9.69. The second-order valence-electron chi connectivity index (χ2n) is 7.43. The molecule has 3 heterocycles. The molecule has 0 bridgehead atoms. The molecular weight excluding hydrogens is 416 g/mol. The minimum atomic E-state index is -0.993. The fraction of sp³-hybridized carbons (Fsp3) is 0.304. The van der Waals surface area contributed by atoms with Crippen LogP contribution in [0.25, 0.3) is 0 Å². The van der Waals surface area contributed by atoms with Gasteiger partial charge in [-0.05, 0) is 36.9 Å². The summed E-state index contributed by atoms with van der Waals surface area (Å²) in [7, 11) is 2.58. The number of carbonyl (C=O) groups is 3. The van der Waals surface area contributed by atoms with Crippen molar-refractivity contribution in [1.82, 2.24) is 10.3 Å². The maximum absolute atomic E-state index is 13.8. The largest absolute Gasteiger partial charge is 0.468 e. The average Bonchev–Trinajstić information content (AvgIpc) is 3.32. The van der Waals surface area contributed by atoms with Crippen LogP contribution in [0.3, 0.4) is 0 Å². The van der Waals surface area contributed by atoms with Crippen molar-refractivity contribution in [2.24, 2.45) is 5.92 Å². The topological polar surface area (TPSA) is 94.6 Å². The Balaban J connectivity index is 1.90. The molecule has 2 aromatic heterocycles. The van der Waals surface area contributed by atoms with Crippen LogP contribution in [-0.4, -0.2) is 36.9 Å². The number of ether oxygens (including phenoxy) is 2. The Labute approximate surface area is 183 Å². The van der Waals surface area contributed by atoms with Crippen LogP contribution in [-0.2, 0) is 23.9 Å². The molecule has 160 valence electrons. The number of dihydropyridines is 1. The zero-order chi connectivity index (χ0) is 22.1. The summed E-state index contributed by atoms with van der Waals surface area (Å²) in [6.45, 7) is 1.78. The Morgan fingerprint density at radius 2 is 1.97 bits per heavy atom. The molecule has 1 N–H and O–H groups in total. The van der Waals surface area contributed by atoms with Gasteiger partial charge in [0.25, 0.3) is 0 Å². The normalized spacial score (nSPS) is 23.2. The van der Waals surface area contributed by atoms with Gasteiger partial charge in [-0.2, -0.15) is 0 Å². The fourth-order valence-corrected chi connectivity index (χ4v) is 5.29. The Bertz CT molecular complexity index is 1090. The van der Waals surface area contributed by atoms with Crippen LogP contribution >= 0.6 is 11.3 Å². The summed E-state index contributed by atoms with van der Waals surface area (Å²) in [5, 5.41) is 5.17. The van der Waals surface area contributed by atoms with E-state index in [1.807, 2.05) is 17.5 Å². The van der Waals surface area contributed by atoms with E-state index in [0.717, 1.165) is 4.88 Å². The molecule has 2 aromatic rings. The van der Waals surface area contributed by atoms with E-state index in [1.54, 1.807) is 31.3 Å². The van der Waals surface area contributed by atoms with E-state index < -0.39 is 23.8 Å². The first-order valence-electron chi connectivity index (χ1n) is 9.83. The van der Waals surface area contributed by atoms with Crippen molar-refractivity contribution in [3.8, 4) is 0 Å². The molecule has 0 fully saturated rings. The first-order chi connectivity index (χ1) is 15.0. The average molecular weight is 439 g/mol. The smallest absolute Gasteiger partial charge is 0.336 e. The quantitative estimate of drug-likeness (QED) is 0.579. The van der Waals surface area contributed by atoms with Gasteiger partial charge in [-0.1, -0.05) is 12.1 Å². The first kappa shape index (κ1) is 21.0. The van der Waals surface area contributed by atoms with Crippen LogP contribution in [0.1, 0.15) is 35.8 Å². The Kier molecular flexibility index (Phi) is 5.73. The number of thiophene rings is 1. The molecule has 7 nitrogen and oxygen atoms in total. The van der Waals surface area contributed by atoms with Crippen molar-refractivity contribution in [2.75, 3.05) is 14.2 Å². The number of rotatable bonds is 4. The summed E-state index contributed by atoms with van der Waals surface area (Å²) in [5.41, 5.74) is 2.53. The second-order valence-corrected chi connectivity index (χ2v) is 8.41. The van der Waals surface area contributed by atoms with Crippen LogP contribution in [0.5, 0.6) is 0 Å². The van der Waals surface area contributed by atoms with Crippen LogP contribution in [0.15, 0.2) is 64.4 Å². The molecule has 0 aromatic carbocycles. The van der Waals surface area contributed by atoms with Gasteiger partial charge in [-0.25, -0.2) is 4.79 Å². The summed E-state index contributed by atoms with van der Waals surface area (Å²) < 4.78 is 10.0. The highest BCUT2D eigenvalue weighted by Crippen LogP contribution is 2.48. The highest BCUT2D eigenvalue weighted by Gasteiger charge is 2.49. The van der Waals surface area contributed by atoms with E-state index in [2.05, 4.69) is 10.3 Å². The number of methoxy groups -OCH3 is 2. The fourth-order valence-electron chi connectivity index (χ4n) is 4.42. The molecule has 3 atom stereocenters. The molecular formula is C23H22N2O5S. The number of hydrogen-bond acceptors (Lipinski definition) is 8. The third-order valence-corrected chi connectivity index (χ3v) is 6.78. The SMILES string of the molecule is COC(=O)C1=C(C)NC2=C(C(=O)[C@H](C(=O)OC)[C@@H](c3cccs3)C2)[C@H]1c1ccccn1. The lowest BCUT2D eigenvalue weighted by molar-refractivity contribution is -0.149. The van der Waals surface area contributed by atoms with Crippen molar-refractivity contribution >= 4 is 29.1 Å². The van der Waals surface area contributed by atoms with Crippen molar-refractivity contribution in [3.63, 3.8) is 0 Å². The molecule has 0 amide bonds. The minimum Gasteiger partial charge on any atom is -0.468 e. The molecule has 0 saturated carbocycles. The van der Waals surface area contributed by atoms with E-state index in [-0.39, 0.29) is 11.7 Å². The molecule has 0 unspecified atom stereocenters. The van der Waals surface area contributed by atoms with Gasteiger partial charge in [0.05, 0.1) is 31.4 Å². The predicted octanol–water partition coefficient (Wildman–Crippen LogP) is 3.08. The molecule has 1 aliphatic heterocycles. The van der Waals surface area contributed by atoms with Gasteiger partial charge in [0.15, 0.2) is 5.78 Å². The summed E-state index contributed by atoms with van der Waals surface area (Å²) in [5.74, 6) is -3.55. The van der Waals surface area contributed by atoms with Gasteiger partial charge in [0, 0.05) is 34.0 Å². The van der Waals surface area contributed by atoms with Gasteiger partial charge >= 0.3 is 11.9 Å². The molecule has 31 heavy (non-hydrogen) atoms. The number of carbonyl (C=O) groups excluding carboxylic acids is 3. The predicted molar refractivity (Wildman–Crippen MR) is 114 cm³/mol. The van der Waals surface area contributed by atoms with Crippen LogP contribution in [0.4, 0.5) is 0 Å².